The minimum Gasteiger partial charge on any atom is -0.497 e. The lowest BCUT2D eigenvalue weighted by molar-refractivity contribution is -0.113. The van der Waals surface area contributed by atoms with Crippen LogP contribution in [0, 0.1) is 0 Å². The van der Waals surface area contributed by atoms with Crippen molar-refractivity contribution in [3.63, 3.8) is 0 Å². The van der Waals surface area contributed by atoms with Crippen LogP contribution in [0.2, 0.25) is 0 Å². The highest BCUT2D eigenvalue weighted by atomic mass is 32.2. The lowest BCUT2D eigenvalue weighted by Crippen LogP contribution is -2.17. The number of thioether (sulfide) groups is 2. The fourth-order valence-electron chi connectivity index (χ4n) is 3.14. The van der Waals surface area contributed by atoms with E-state index in [0.717, 1.165) is 16.3 Å². The summed E-state index contributed by atoms with van der Waals surface area (Å²) in [6.07, 6.45) is 1.66. The van der Waals surface area contributed by atoms with E-state index in [9.17, 15) is 4.79 Å². The summed E-state index contributed by atoms with van der Waals surface area (Å²) in [6, 6.07) is 15.3. The third kappa shape index (κ3) is 5.98. The summed E-state index contributed by atoms with van der Waals surface area (Å²) in [5.41, 5.74) is 0.817. The second-order valence-corrected chi connectivity index (χ2v) is 9.07. The number of para-hydroxylation sites is 1. The topological polar surface area (TPSA) is 78.3 Å². The first kappa shape index (κ1) is 24.0. The maximum Gasteiger partial charge on any atom is 0.234 e. The van der Waals surface area contributed by atoms with Gasteiger partial charge in [-0.1, -0.05) is 30.0 Å². The number of nitrogens with one attached hydrogen (secondary N) is 1. The number of carbonyl (C=O) groups is 1. The number of hydrogen-bond donors (Lipinski definition) is 1. The molecule has 32 heavy (non-hydrogen) atoms. The maximum absolute atomic E-state index is 12.5. The Labute approximate surface area is 197 Å². The summed E-state index contributed by atoms with van der Waals surface area (Å²) in [4.78, 5) is 13.6. The van der Waals surface area contributed by atoms with Crippen LogP contribution in [0.1, 0.15) is 38.7 Å². The largest absolute Gasteiger partial charge is 0.497 e. The molecule has 3 aromatic rings. The first-order valence-corrected chi connectivity index (χ1v) is 12.4. The predicted molar refractivity (Wildman–Crippen MR) is 130 cm³/mol. The number of hydrogen-bond acceptors (Lipinski definition) is 7. The average Bonchev–Trinajstić information content (AvgIpc) is 3.23. The molecule has 0 aliphatic heterocycles. The highest BCUT2D eigenvalue weighted by molar-refractivity contribution is 7.99. The van der Waals surface area contributed by atoms with Crippen LogP contribution < -0.4 is 14.8 Å². The Kier molecular flexibility index (Phi) is 8.46. The molecule has 1 aromatic heterocycles. The zero-order chi connectivity index (χ0) is 23.1. The number of benzene rings is 2. The quantitative estimate of drug-likeness (QED) is 0.393. The molecule has 1 atom stereocenters. The third-order valence-electron chi connectivity index (χ3n) is 4.64. The van der Waals surface area contributed by atoms with Crippen molar-refractivity contribution in [1.29, 1.82) is 0 Å². The molecule has 0 saturated carbocycles. The molecule has 1 heterocycles. The van der Waals surface area contributed by atoms with Crippen molar-refractivity contribution >= 4 is 35.1 Å². The van der Waals surface area contributed by atoms with E-state index in [1.807, 2.05) is 66.3 Å². The van der Waals surface area contributed by atoms with E-state index < -0.39 is 0 Å². The Morgan fingerprint density at radius 2 is 1.84 bits per heavy atom. The monoisotopic (exact) mass is 472 g/mol. The van der Waals surface area contributed by atoms with Gasteiger partial charge in [-0.25, -0.2) is 0 Å². The van der Waals surface area contributed by atoms with Crippen molar-refractivity contribution in [2.24, 2.45) is 0 Å². The van der Waals surface area contributed by atoms with Gasteiger partial charge in [0.2, 0.25) is 5.91 Å². The van der Waals surface area contributed by atoms with E-state index in [2.05, 4.69) is 29.4 Å². The van der Waals surface area contributed by atoms with Gasteiger partial charge in [0.1, 0.15) is 11.5 Å². The van der Waals surface area contributed by atoms with Crippen LogP contribution in [-0.4, -0.2) is 39.8 Å². The first-order chi connectivity index (χ1) is 15.4. The Morgan fingerprint density at radius 3 is 2.56 bits per heavy atom. The van der Waals surface area contributed by atoms with Crippen LogP contribution in [0.15, 0.2) is 58.6 Å². The summed E-state index contributed by atoms with van der Waals surface area (Å²) in [5, 5.41) is 12.4. The van der Waals surface area contributed by atoms with Crippen molar-refractivity contribution in [2.45, 2.75) is 43.0 Å². The molecule has 0 radical (unpaired) electrons. The lowest BCUT2D eigenvalue weighted by atomic mass is 10.3. The van der Waals surface area contributed by atoms with Crippen LogP contribution in [0.5, 0.6) is 11.5 Å². The molecule has 2 aromatic carbocycles. The van der Waals surface area contributed by atoms with Crippen molar-refractivity contribution in [2.75, 3.05) is 24.4 Å². The van der Waals surface area contributed by atoms with Crippen LogP contribution in [-0.2, 0) is 4.79 Å². The van der Waals surface area contributed by atoms with Gasteiger partial charge in [0.15, 0.2) is 17.1 Å². The van der Waals surface area contributed by atoms with Crippen LogP contribution in [0.3, 0.4) is 0 Å². The number of ether oxygens (including phenoxy) is 2. The van der Waals surface area contributed by atoms with Crippen molar-refractivity contribution in [1.82, 2.24) is 14.8 Å². The number of anilines is 1. The molecular weight excluding hydrogens is 444 g/mol. The minimum absolute atomic E-state index is 0.0861. The summed E-state index contributed by atoms with van der Waals surface area (Å²) in [5.74, 6) is 2.27. The maximum atomic E-state index is 12.5. The second-order valence-electron chi connectivity index (χ2n) is 7.28. The molecule has 0 saturated heterocycles. The smallest absolute Gasteiger partial charge is 0.234 e. The molecule has 0 aliphatic carbocycles. The fourth-order valence-corrected chi connectivity index (χ4v) is 4.57. The lowest BCUT2D eigenvalue weighted by Gasteiger charge is -2.19. The fraction of sp³-hybridized carbons (Fsp3) is 0.348. The molecule has 9 heteroatoms. The number of methoxy groups -OCH3 is 1. The SMILES string of the molecule is COc1cccc(OC(C)c2nnc(SCC(=O)Nc3ccccc3SC)n2C(C)C)c1. The number of rotatable bonds is 10. The van der Waals surface area contributed by atoms with Crippen molar-refractivity contribution in [3.8, 4) is 11.5 Å². The zero-order valence-corrected chi connectivity index (χ0v) is 20.5. The van der Waals surface area contributed by atoms with Gasteiger partial charge >= 0.3 is 0 Å². The minimum atomic E-state index is -0.325. The molecule has 1 unspecified atom stereocenters. The predicted octanol–water partition coefficient (Wildman–Crippen LogP) is 5.46. The molecule has 0 spiro atoms. The average molecular weight is 473 g/mol. The Hall–Kier alpha value is -2.65. The van der Waals surface area contributed by atoms with Gasteiger partial charge in [0.05, 0.1) is 18.6 Å². The third-order valence-corrected chi connectivity index (χ3v) is 6.38. The van der Waals surface area contributed by atoms with Gasteiger partial charge in [-0.05, 0) is 51.3 Å². The van der Waals surface area contributed by atoms with E-state index in [4.69, 9.17) is 9.47 Å². The van der Waals surface area contributed by atoms with E-state index in [1.165, 1.54) is 11.8 Å². The van der Waals surface area contributed by atoms with Crippen molar-refractivity contribution in [3.05, 3.63) is 54.4 Å². The number of carbonyl (C=O) groups excluding carboxylic acids is 1. The van der Waals surface area contributed by atoms with E-state index in [-0.39, 0.29) is 23.8 Å². The number of aromatic nitrogens is 3. The molecule has 0 fully saturated rings. The molecule has 3 rings (SSSR count). The standard InChI is InChI=1S/C23H28N4O3S2/c1-15(2)27-22(16(3)30-18-10-8-9-17(13-18)29-4)25-26-23(27)32-14-21(28)24-19-11-6-7-12-20(19)31-5/h6-13,15-16H,14H2,1-5H3,(H,24,28). The molecule has 1 amide bonds. The summed E-state index contributed by atoms with van der Waals surface area (Å²) < 4.78 is 13.4. The molecule has 0 bridgehead atoms. The molecule has 0 aliphatic rings. The van der Waals surface area contributed by atoms with E-state index in [1.54, 1.807) is 18.9 Å². The van der Waals surface area contributed by atoms with E-state index in [0.29, 0.717) is 16.7 Å². The van der Waals surface area contributed by atoms with Gasteiger partial charge in [0, 0.05) is 17.0 Å². The van der Waals surface area contributed by atoms with Gasteiger partial charge in [-0.2, -0.15) is 0 Å². The van der Waals surface area contributed by atoms with Gasteiger partial charge < -0.3 is 19.4 Å². The molecule has 1 N–H and O–H groups in total. The Balaban J connectivity index is 1.69. The van der Waals surface area contributed by atoms with Gasteiger partial charge in [-0.3, -0.25) is 4.79 Å². The highest BCUT2D eigenvalue weighted by Gasteiger charge is 2.22. The zero-order valence-electron chi connectivity index (χ0n) is 18.9. The van der Waals surface area contributed by atoms with Crippen LogP contribution in [0.4, 0.5) is 5.69 Å². The van der Waals surface area contributed by atoms with Crippen LogP contribution in [0.25, 0.3) is 0 Å². The normalized spacial score (nSPS) is 11.9. The van der Waals surface area contributed by atoms with Gasteiger partial charge in [-0.15, -0.1) is 22.0 Å². The number of amides is 1. The van der Waals surface area contributed by atoms with E-state index >= 15 is 0 Å². The van der Waals surface area contributed by atoms with Crippen LogP contribution >= 0.6 is 23.5 Å². The Bertz CT molecular complexity index is 1060. The van der Waals surface area contributed by atoms with Gasteiger partial charge in [0.25, 0.3) is 0 Å². The number of nitrogens with zero attached hydrogens (tertiary/aromatic N) is 3. The van der Waals surface area contributed by atoms with Crippen molar-refractivity contribution < 1.29 is 14.3 Å². The highest BCUT2D eigenvalue weighted by Crippen LogP contribution is 2.29. The first-order valence-electron chi connectivity index (χ1n) is 10.2. The molecule has 7 nitrogen and oxygen atoms in total. The summed E-state index contributed by atoms with van der Waals surface area (Å²) in [6.45, 7) is 6.05. The molecular formula is C23H28N4O3S2. The molecule has 170 valence electrons. The second kappa shape index (κ2) is 11.3. The summed E-state index contributed by atoms with van der Waals surface area (Å²) >= 11 is 2.96. The Morgan fingerprint density at radius 1 is 1.09 bits per heavy atom. The summed E-state index contributed by atoms with van der Waals surface area (Å²) in [7, 11) is 1.62.